The second-order valence-electron chi connectivity index (χ2n) is 8.45. The third kappa shape index (κ3) is 5.70. The van der Waals surface area contributed by atoms with Crippen LogP contribution < -0.4 is 10.1 Å². The number of carbonyl (C=O) groups is 1. The highest BCUT2D eigenvalue weighted by molar-refractivity contribution is 5.68. The Morgan fingerprint density at radius 2 is 2.00 bits per heavy atom. The van der Waals surface area contributed by atoms with Gasteiger partial charge < -0.3 is 24.4 Å². The van der Waals surface area contributed by atoms with Gasteiger partial charge in [-0.05, 0) is 46.5 Å². The highest BCUT2D eigenvalue weighted by Gasteiger charge is 2.28. The summed E-state index contributed by atoms with van der Waals surface area (Å²) in [4.78, 5) is 23.4. The first-order valence-electron chi connectivity index (χ1n) is 10.1. The molecule has 1 N–H and O–H groups in total. The Bertz CT molecular complexity index is 671. The van der Waals surface area contributed by atoms with Crippen LogP contribution >= 0.6 is 0 Å². The SMILES string of the molecule is COc1cc(N[C@@H]2CCCN(C(=O)OC(C)(C)C)C2)nc(C2CCOCC2)n1. The molecule has 0 saturated carbocycles. The summed E-state index contributed by atoms with van der Waals surface area (Å²) in [5.41, 5.74) is -0.490. The summed E-state index contributed by atoms with van der Waals surface area (Å²) in [6.07, 6.45) is 3.47. The highest BCUT2D eigenvalue weighted by atomic mass is 16.6. The Balaban J connectivity index is 1.67. The van der Waals surface area contributed by atoms with Gasteiger partial charge in [0.15, 0.2) is 0 Å². The van der Waals surface area contributed by atoms with Gasteiger partial charge in [0, 0.05) is 44.3 Å². The number of ether oxygens (including phenoxy) is 3. The first-order valence-corrected chi connectivity index (χ1v) is 10.1. The molecule has 0 aromatic carbocycles. The molecule has 2 saturated heterocycles. The van der Waals surface area contributed by atoms with E-state index in [1.807, 2.05) is 26.8 Å². The Kier molecular flexibility index (Phi) is 6.59. The number of hydrogen-bond donors (Lipinski definition) is 1. The molecule has 1 aromatic rings. The van der Waals surface area contributed by atoms with Gasteiger partial charge in [-0.25, -0.2) is 9.78 Å². The van der Waals surface area contributed by atoms with E-state index in [4.69, 9.17) is 19.2 Å². The van der Waals surface area contributed by atoms with Crippen molar-refractivity contribution in [2.24, 2.45) is 0 Å². The van der Waals surface area contributed by atoms with Crippen molar-refractivity contribution in [2.45, 2.75) is 64.0 Å². The average molecular weight is 393 g/mol. The molecule has 28 heavy (non-hydrogen) atoms. The molecule has 0 radical (unpaired) electrons. The molecule has 8 nitrogen and oxygen atoms in total. The van der Waals surface area contributed by atoms with Crippen LogP contribution in [0.5, 0.6) is 5.88 Å². The molecule has 8 heteroatoms. The van der Waals surface area contributed by atoms with E-state index in [-0.39, 0.29) is 18.1 Å². The molecule has 2 aliphatic heterocycles. The molecule has 1 amide bonds. The van der Waals surface area contributed by atoms with Gasteiger partial charge in [-0.15, -0.1) is 0 Å². The zero-order chi connectivity index (χ0) is 20.1. The molecular weight excluding hydrogens is 360 g/mol. The zero-order valence-corrected chi connectivity index (χ0v) is 17.4. The number of hydrogen-bond acceptors (Lipinski definition) is 7. The maximum Gasteiger partial charge on any atom is 0.410 e. The number of anilines is 1. The molecule has 156 valence electrons. The molecule has 1 aromatic heterocycles. The van der Waals surface area contributed by atoms with E-state index in [1.54, 1.807) is 12.0 Å². The van der Waals surface area contributed by atoms with Gasteiger partial charge in [0.1, 0.15) is 17.2 Å². The van der Waals surface area contributed by atoms with Crippen LogP contribution in [0.2, 0.25) is 0 Å². The molecular formula is C20H32N4O4. The monoisotopic (exact) mass is 392 g/mol. The van der Waals surface area contributed by atoms with E-state index in [0.717, 1.165) is 50.5 Å². The first-order chi connectivity index (χ1) is 13.3. The third-order valence-corrected chi connectivity index (χ3v) is 4.94. The second kappa shape index (κ2) is 8.94. The van der Waals surface area contributed by atoms with Gasteiger partial charge in [0.25, 0.3) is 0 Å². The molecule has 0 unspecified atom stereocenters. The van der Waals surface area contributed by atoms with Crippen molar-refractivity contribution >= 4 is 11.9 Å². The van der Waals surface area contributed by atoms with Crippen LogP contribution in [0, 0.1) is 0 Å². The van der Waals surface area contributed by atoms with Crippen LogP contribution in [-0.2, 0) is 9.47 Å². The second-order valence-corrected chi connectivity index (χ2v) is 8.45. The lowest BCUT2D eigenvalue weighted by molar-refractivity contribution is 0.0206. The summed E-state index contributed by atoms with van der Waals surface area (Å²) >= 11 is 0. The summed E-state index contributed by atoms with van der Waals surface area (Å²) in [6.45, 7) is 8.44. The van der Waals surface area contributed by atoms with E-state index in [1.165, 1.54) is 0 Å². The van der Waals surface area contributed by atoms with Crippen LogP contribution in [0.3, 0.4) is 0 Å². The minimum Gasteiger partial charge on any atom is -0.481 e. The fraction of sp³-hybridized carbons (Fsp3) is 0.750. The maximum atomic E-state index is 12.4. The smallest absolute Gasteiger partial charge is 0.410 e. The number of aromatic nitrogens is 2. The fourth-order valence-corrected chi connectivity index (χ4v) is 3.56. The van der Waals surface area contributed by atoms with Crippen LogP contribution in [-0.4, -0.2) is 66.0 Å². The Hall–Kier alpha value is -2.09. The van der Waals surface area contributed by atoms with Gasteiger partial charge in [-0.2, -0.15) is 4.98 Å². The summed E-state index contributed by atoms with van der Waals surface area (Å²) in [5.74, 6) is 2.38. The quantitative estimate of drug-likeness (QED) is 0.842. The van der Waals surface area contributed by atoms with E-state index in [2.05, 4.69) is 10.3 Å². The number of amides is 1. The van der Waals surface area contributed by atoms with Crippen molar-refractivity contribution in [3.05, 3.63) is 11.9 Å². The van der Waals surface area contributed by atoms with Gasteiger partial charge in [-0.1, -0.05) is 0 Å². The lowest BCUT2D eigenvalue weighted by atomic mass is 9.99. The van der Waals surface area contributed by atoms with Crippen LogP contribution in [0.25, 0.3) is 0 Å². The van der Waals surface area contributed by atoms with Crippen molar-refractivity contribution in [2.75, 3.05) is 38.7 Å². The minimum absolute atomic E-state index is 0.114. The fourth-order valence-electron chi connectivity index (χ4n) is 3.56. The van der Waals surface area contributed by atoms with E-state index >= 15 is 0 Å². The van der Waals surface area contributed by atoms with Gasteiger partial charge in [-0.3, -0.25) is 0 Å². The summed E-state index contributed by atoms with van der Waals surface area (Å²) in [6, 6.07) is 1.93. The molecule has 0 spiro atoms. The van der Waals surface area contributed by atoms with Crippen molar-refractivity contribution < 1.29 is 19.0 Å². The van der Waals surface area contributed by atoms with Crippen molar-refractivity contribution in [1.82, 2.24) is 14.9 Å². The van der Waals surface area contributed by atoms with Crippen LogP contribution in [0.1, 0.15) is 58.2 Å². The van der Waals surface area contributed by atoms with E-state index in [9.17, 15) is 4.79 Å². The van der Waals surface area contributed by atoms with Crippen LogP contribution in [0.4, 0.5) is 10.6 Å². The Morgan fingerprint density at radius 1 is 1.25 bits per heavy atom. The van der Waals surface area contributed by atoms with Crippen molar-refractivity contribution in [3.63, 3.8) is 0 Å². The largest absolute Gasteiger partial charge is 0.481 e. The topological polar surface area (TPSA) is 85.8 Å². The van der Waals surface area contributed by atoms with Gasteiger partial charge in [0.2, 0.25) is 5.88 Å². The number of piperidine rings is 1. The van der Waals surface area contributed by atoms with Crippen LogP contribution in [0.15, 0.2) is 6.07 Å². The molecule has 1 atom stereocenters. The molecule has 0 aliphatic carbocycles. The average Bonchev–Trinajstić information content (AvgIpc) is 2.67. The molecule has 2 fully saturated rings. The predicted octanol–water partition coefficient (Wildman–Crippen LogP) is 3.19. The zero-order valence-electron chi connectivity index (χ0n) is 17.4. The molecule has 2 aliphatic rings. The summed E-state index contributed by atoms with van der Waals surface area (Å²) in [7, 11) is 1.62. The molecule has 0 bridgehead atoms. The lowest BCUT2D eigenvalue weighted by Gasteiger charge is -2.34. The van der Waals surface area contributed by atoms with Gasteiger partial charge in [0.05, 0.1) is 7.11 Å². The number of carbonyl (C=O) groups excluding carboxylic acids is 1. The molecule has 3 rings (SSSR count). The summed E-state index contributed by atoms with van der Waals surface area (Å²) in [5, 5.41) is 3.47. The van der Waals surface area contributed by atoms with Gasteiger partial charge >= 0.3 is 6.09 Å². The third-order valence-electron chi connectivity index (χ3n) is 4.94. The standard InChI is InChI=1S/C20H32N4O4/c1-20(2,3)28-19(25)24-9-5-6-15(13-24)21-16-12-17(26-4)23-18(22-16)14-7-10-27-11-8-14/h12,14-15H,5-11,13H2,1-4H3,(H,21,22,23)/t15-/m1/s1. The number of likely N-dealkylation sites (tertiary alicyclic amines) is 1. The van der Waals surface area contributed by atoms with Crippen molar-refractivity contribution in [3.8, 4) is 5.88 Å². The van der Waals surface area contributed by atoms with E-state index < -0.39 is 5.60 Å². The van der Waals surface area contributed by atoms with E-state index in [0.29, 0.717) is 19.0 Å². The Labute approximate surface area is 167 Å². The summed E-state index contributed by atoms with van der Waals surface area (Å²) < 4.78 is 16.3. The highest BCUT2D eigenvalue weighted by Crippen LogP contribution is 2.27. The number of nitrogens with zero attached hydrogens (tertiary/aromatic N) is 3. The van der Waals surface area contributed by atoms with Crippen molar-refractivity contribution in [1.29, 1.82) is 0 Å². The number of rotatable bonds is 4. The number of nitrogens with one attached hydrogen (secondary N) is 1. The normalized spacial score (nSPS) is 21.3. The lowest BCUT2D eigenvalue weighted by Crippen LogP contribution is -2.47. The molecule has 3 heterocycles. The first kappa shape index (κ1) is 20.6. The minimum atomic E-state index is -0.490. The Morgan fingerprint density at radius 3 is 2.68 bits per heavy atom. The number of methoxy groups -OCH3 is 1. The maximum absolute atomic E-state index is 12.4. The predicted molar refractivity (Wildman–Crippen MR) is 106 cm³/mol.